The van der Waals surface area contributed by atoms with E-state index in [4.69, 9.17) is 0 Å². The zero-order valence-electron chi connectivity index (χ0n) is 9.87. The van der Waals surface area contributed by atoms with Crippen LogP contribution in [0.3, 0.4) is 0 Å². The highest BCUT2D eigenvalue weighted by Gasteiger charge is 2.35. The summed E-state index contributed by atoms with van der Waals surface area (Å²) < 4.78 is 4.45. The van der Waals surface area contributed by atoms with E-state index in [9.17, 15) is 14.7 Å². The van der Waals surface area contributed by atoms with Crippen molar-refractivity contribution in [1.29, 1.82) is 0 Å². The molecule has 4 heteroatoms. The maximum atomic E-state index is 11.3. The summed E-state index contributed by atoms with van der Waals surface area (Å²) in [6.07, 6.45) is 0.744. The summed E-state index contributed by atoms with van der Waals surface area (Å²) in [5, 5.41) is 9.99. The number of ketones is 1. The molecule has 0 aliphatic carbocycles. The number of carbonyl (C=O) groups excluding carboxylic acids is 2. The van der Waals surface area contributed by atoms with Crippen molar-refractivity contribution in [2.24, 2.45) is 5.92 Å². The maximum Gasteiger partial charge on any atom is 0.308 e. The van der Waals surface area contributed by atoms with Crippen LogP contribution < -0.4 is 0 Å². The van der Waals surface area contributed by atoms with Crippen molar-refractivity contribution in [2.75, 3.05) is 7.11 Å². The van der Waals surface area contributed by atoms with Gasteiger partial charge >= 0.3 is 5.97 Å². The second-order valence-electron chi connectivity index (χ2n) is 4.27. The molecule has 0 aromatic carbocycles. The van der Waals surface area contributed by atoms with Gasteiger partial charge in [-0.2, -0.15) is 0 Å². The molecule has 0 rings (SSSR count). The first kappa shape index (κ1) is 14.1. The van der Waals surface area contributed by atoms with Gasteiger partial charge in [0.15, 0.2) is 5.78 Å². The van der Waals surface area contributed by atoms with Crippen LogP contribution in [0.15, 0.2) is 0 Å². The van der Waals surface area contributed by atoms with Crippen LogP contribution in [0.2, 0.25) is 0 Å². The predicted octanol–water partition coefficient (Wildman–Crippen LogP) is 1.31. The van der Waals surface area contributed by atoms with Gasteiger partial charge in [0, 0.05) is 0 Å². The zero-order valence-corrected chi connectivity index (χ0v) is 9.87. The van der Waals surface area contributed by atoms with Gasteiger partial charge in [0.2, 0.25) is 0 Å². The van der Waals surface area contributed by atoms with E-state index >= 15 is 0 Å². The monoisotopic (exact) mass is 216 g/mol. The van der Waals surface area contributed by atoms with E-state index in [0.717, 1.165) is 0 Å². The fourth-order valence-electron chi connectivity index (χ4n) is 1.23. The smallest absolute Gasteiger partial charge is 0.308 e. The molecule has 0 aromatic rings. The SMILES string of the molecule is COC(=O)C[C@](O)(CCC(C)C)C(C)=O. The standard InChI is InChI=1S/C11H20O4/c1-8(2)5-6-11(14,9(3)12)7-10(13)15-4/h8,14H,5-7H2,1-4H3/t11-/m1/s1. The summed E-state index contributed by atoms with van der Waals surface area (Å²) in [4.78, 5) is 22.3. The van der Waals surface area contributed by atoms with E-state index in [1.54, 1.807) is 0 Å². The first-order valence-electron chi connectivity index (χ1n) is 5.12. The van der Waals surface area contributed by atoms with Crippen LogP contribution in [-0.4, -0.2) is 29.6 Å². The minimum absolute atomic E-state index is 0.258. The van der Waals surface area contributed by atoms with Gasteiger partial charge < -0.3 is 9.84 Å². The van der Waals surface area contributed by atoms with Crippen LogP contribution in [-0.2, 0) is 14.3 Å². The topological polar surface area (TPSA) is 63.6 Å². The van der Waals surface area contributed by atoms with Crippen LogP contribution in [0.4, 0.5) is 0 Å². The average Bonchev–Trinajstić information content (AvgIpc) is 2.14. The number of Topliss-reactive ketones (excluding diaryl/α,β-unsaturated/α-hetero) is 1. The molecule has 0 saturated heterocycles. The summed E-state index contributed by atoms with van der Waals surface area (Å²) in [7, 11) is 1.24. The number of methoxy groups -OCH3 is 1. The molecule has 0 spiro atoms. The molecule has 0 fully saturated rings. The lowest BCUT2D eigenvalue weighted by atomic mass is 9.87. The molecule has 1 atom stereocenters. The number of ether oxygens (including phenoxy) is 1. The predicted molar refractivity (Wildman–Crippen MR) is 56.3 cm³/mol. The third-order valence-corrected chi connectivity index (χ3v) is 2.46. The number of hydrogen-bond donors (Lipinski definition) is 1. The summed E-state index contributed by atoms with van der Waals surface area (Å²) in [6, 6.07) is 0. The Morgan fingerprint density at radius 1 is 1.40 bits per heavy atom. The Kier molecular flexibility index (Phi) is 5.50. The van der Waals surface area contributed by atoms with E-state index in [0.29, 0.717) is 18.8 Å². The zero-order chi connectivity index (χ0) is 12.1. The number of carbonyl (C=O) groups is 2. The van der Waals surface area contributed by atoms with E-state index in [-0.39, 0.29) is 12.2 Å². The molecule has 0 aromatic heterocycles. The first-order valence-corrected chi connectivity index (χ1v) is 5.12. The fraction of sp³-hybridized carbons (Fsp3) is 0.818. The van der Waals surface area contributed by atoms with Crippen LogP contribution >= 0.6 is 0 Å². The Morgan fingerprint density at radius 2 is 1.93 bits per heavy atom. The van der Waals surface area contributed by atoms with Crippen LogP contribution in [0.25, 0.3) is 0 Å². The minimum Gasteiger partial charge on any atom is -0.469 e. The molecule has 15 heavy (non-hydrogen) atoms. The maximum absolute atomic E-state index is 11.3. The Labute approximate surface area is 90.6 Å². The second-order valence-corrected chi connectivity index (χ2v) is 4.27. The van der Waals surface area contributed by atoms with Gasteiger partial charge in [0.25, 0.3) is 0 Å². The van der Waals surface area contributed by atoms with Gasteiger partial charge in [-0.25, -0.2) is 0 Å². The van der Waals surface area contributed by atoms with Gasteiger partial charge in [-0.1, -0.05) is 13.8 Å². The summed E-state index contributed by atoms with van der Waals surface area (Å²) in [6.45, 7) is 5.29. The van der Waals surface area contributed by atoms with Crippen molar-refractivity contribution in [3.05, 3.63) is 0 Å². The van der Waals surface area contributed by atoms with Crippen molar-refractivity contribution >= 4 is 11.8 Å². The third-order valence-electron chi connectivity index (χ3n) is 2.46. The van der Waals surface area contributed by atoms with Gasteiger partial charge in [0.1, 0.15) is 5.60 Å². The molecule has 0 aliphatic heterocycles. The first-order chi connectivity index (χ1) is 6.81. The van der Waals surface area contributed by atoms with Crippen LogP contribution in [0, 0.1) is 5.92 Å². The normalized spacial score (nSPS) is 14.8. The van der Waals surface area contributed by atoms with E-state index in [2.05, 4.69) is 4.74 Å². The lowest BCUT2D eigenvalue weighted by molar-refractivity contribution is -0.153. The van der Waals surface area contributed by atoms with E-state index in [1.165, 1.54) is 14.0 Å². The molecule has 1 N–H and O–H groups in total. The molecule has 4 nitrogen and oxygen atoms in total. The molecule has 0 radical (unpaired) electrons. The lowest BCUT2D eigenvalue weighted by Gasteiger charge is -2.24. The van der Waals surface area contributed by atoms with Crippen LogP contribution in [0.5, 0.6) is 0 Å². The van der Waals surface area contributed by atoms with Crippen molar-refractivity contribution < 1.29 is 19.4 Å². The highest BCUT2D eigenvalue weighted by Crippen LogP contribution is 2.22. The third kappa shape index (κ3) is 4.93. The summed E-state index contributed by atoms with van der Waals surface area (Å²) in [5.41, 5.74) is -1.56. The molecule has 88 valence electrons. The number of aliphatic hydroxyl groups is 1. The average molecular weight is 216 g/mol. The molecule has 0 heterocycles. The molecule has 0 aliphatic rings. The summed E-state index contributed by atoms with van der Waals surface area (Å²) >= 11 is 0. The van der Waals surface area contributed by atoms with Crippen molar-refractivity contribution in [3.8, 4) is 0 Å². The molecule has 0 bridgehead atoms. The largest absolute Gasteiger partial charge is 0.469 e. The number of hydrogen-bond acceptors (Lipinski definition) is 4. The number of rotatable bonds is 6. The Bertz CT molecular complexity index is 235. The van der Waals surface area contributed by atoms with Crippen molar-refractivity contribution in [2.45, 2.75) is 45.6 Å². The van der Waals surface area contributed by atoms with Gasteiger partial charge in [0.05, 0.1) is 13.5 Å². The number of esters is 1. The van der Waals surface area contributed by atoms with E-state index < -0.39 is 11.6 Å². The highest BCUT2D eigenvalue weighted by molar-refractivity contribution is 5.89. The Balaban J connectivity index is 4.45. The van der Waals surface area contributed by atoms with Gasteiger partial charge in [-0.3, -0.25) is 9.59 Å². The van der Waals surface area contributed by atoms with Crippen LogP contribution in [0.1, 0.15) is 40.0 Å². The van der Waals surface area contributed by atoms with E-state index in [1.807, 2.05) is 13.8 Å². The Hall–Kier alpha value is -0.900. The van der Waals surface area contributed by atoms with Gasteiger partial charge in [-0.05, 0) is 25.7 Å². The molecule has 0 unspecified atom stereocenters. The quantitative estimate of drug-likeness (QED) is 0.680. The summed E-state index contributed by atoms with van der Waals surface area (Å²) in [5.74, 6) is -0.557. The van der Waals surface area contributed by atoms with Crippen molar-refractivity contribution in [1.82, 2.24) is 0 Å². The lowest BCUT2D eigenvalue weighted by Crippen LogP contribution is -2.39. The molecular weight excluding hydrogens is 196 g/mol. The van der Waals surface area contributed by atoms with Crippen molar-refractivity contribution in [3.63, 3.8) is 0 Å². The molecular formula is C11H20O4. The fourth-order valence-corrected chi connectivity index (χ4v) is 1.23. The van der Waals surface area contributed by atoms with Gasteiger partial charge in [-0.15, -0.1) is 0 Å². The highest BCUT2D eigenvalue weighted by atomic mass is 16.5. The minimum atomic E-state index is -1.56. The molecule has 0 amide bonds. The Morgan fingerprint density at radius 3 is 2.27 bits per heavy atom. The second kappa shape index (κ2) is 5.85. The molecule has 0 saturated carbocycles.